The van der Waals surface area contributed by atoms with Crippen molar-refractivity contribution in [2.75, 3.05) is 6.54 Å². The summed E-state index contributed by atoms with van der Waals surface area (Å²) in [6, 6.07) is 1.46. The van der Waals surface area contributed by atoms with Gasteiger partial charge in [-0.1, -0.05) is 15.9 Å². The Kier molecular flexibility index (Phi) is 4.22. The highest BCUT2D eigenvalue weighted by Crippen LogP contribution is 2.28. The van der Waals surface area contributed by atoms with Gasteiger partial charge in [0.1, 0.15) is 0 Å². The highest BCUT2D eigenvalue weighted by atomic mass is 79.9. The molecule has 0 amide bonds. The van der Waals surface area contributed by atoms with E-state index in [4.69, 9.17) is 0 Å². The van der Waals surface area contributed by atoms with Gasteiger partial charge in [0.2, 0.25) is 0 Å². The van der Waals surface area contributed by atoms with E-state index in [1.807, 2.05) is 0 Å². The van der Waals surface area contributed by atoms with Gasteiger partial charge in [0.05, 0.1) is 6.20 Å². The van der Waals surface area contributed by atoms with Crippen molar-refractivity contribution in [3.05, 3.63) is 12.3 Å². The lowest BCUT2D eigenvalue weighted by atomic mass is 9.89. The average Bonchev–Trinajstić information content (AvgIpc) is 2.82. The molecule has 2 N–H and O–H groups in total. The van der Waals surface area contributed by atoms with Gasteiger partial charge >= 0.3 is 0 Å². The van der Waals surface area contributed by atoms with E-state index in [0.29, 0.717) is 17.3 Å². The second-order valence-corrected chi connectivity index (χ2v) is 7.42. The third-order valence-corrected chi connectivity index (χ3v) is 5.37. The van der Waals surface area contributed by atoms with Gasteiger partial charge in [-0.05, 0) is 37.7 Å². The van der Waals surface area contributed by atoms with Crippen LogP contribution in [0.3, 0.4) is 0 Å². The van der Waals surface area contributed by atoms with Crippen LogP contribution in [0.25, 0.3) is 0 Å². The van der Waals surface area contributed by atoms with Crippen LogP contribution in [0.1, 0.15) is 25.7 Å². The van der Waals surface area contributed by atoms with Crippen LogP contribution in [0.4, 0.5) is 0 Å². The van der Waals surface area contributed by atoms with Crippen molar-refractivity contribution in [1.82, 2.24) is 14.9 Å². The first-order valence-electron chi connectivity index (χ1n) is 5.71. The monoisotopic (exact) mass is 321 g/mol. The number of H-pyrrole nitrogens is 1. The molecule has 0 aliphatic heterocycles. The van der Waals surface area contributed by atoms with E-state index in [2.05, 4.69) is 30.8 Å². The topological polar surface area (TPSA) is 74.8 Å². The second kappa shape index (κ2) is 5.49. The molecule has 7 heteroatoms. The summed E-state index contributed by atoms with van der Waals surface area (Å²) in [6.07, 6.45) is 5.82. The maximum Gasteiger partial charge on any atom is 0.257 e. The average molecular weight is 322 g/mol. The Morgan fingerprint density at radius 3 is 2.71 bits per heavy atom. The molecule has 0 bridgehead atoms. The Hall–Kier alpha value is -0.400. The third-order valence-electron chi connectivity index (χ3n) is 3.10. The van der Waals surface area contributed by atoms with Gasteiger partial charge in [-0.15, -0.1) is 0 Å². The summed E-state index contributed by atoms with van der Waals surface area (Å²) in [5.41, 5.74) is 0. The van der Waals surface area contributed by atoms with Crippen molar-refractivity contribution in [3.63, 3.8) is 0 Å². The van der Waals surface area contributed by atoms with Gasteiger partial charge < -0.3 is 0 Å². The van der Waals surface area contributed by atoms with Crippen LogP contribution < -0.4 is 4.72 Å². The van der Waals surface area contributed by atoms with Gasteiger partial charge in [-0.25, -0.2) is 13.1 Å². The van der Waals surface area contributed by atoms with E-state index in [1.165, 1.54) is 12.3 Å². The molecule has 0 radical (unpaired) electrons. The van der Waals surface area contributed by atoms with E-state index in [9.17, 15) is 8.42 Å². The molecule has 1 saturated carbocycles. The molecular formula is C10H16BrN3O2S. The minimum atomic E-state index is -3.41. The molecule has 0 aromatic carbocycles. The van der Waals surface area contributed by atoms with E-state index in [0.717, 1.165) is 25.7 Å². The number of nitrogens with one attached hydrogen (secondary N) is 2. The number of hydrogen-bond acceptors (Lipinski definition) is 3. The summed E-state index contributed by atoms with van der Waals surface area (Å²) < 4.78 is 26.2. The van der Waals surface area contributed by atoms with Crippen molar-refractivity contribution < 1.29 is 8.42 Å². The fourth-order valence-corrected chi connectivity index (χ4v) is 3.58. The van der Waals surface area contributed by atoms with Crippen LogP contribution in [-0.4, -0.2) is 30.0 Å². The number of rotatable bonds is 4. The highest BCUT2D eigenvalue weighted by molar-refractivity contribution is 9.09. The maximum atomic E-state index is 11.8. The van der Waals surface area contributed by atoms with Crippen LogP contribution in [-0.2, 0) is 10.0 Å². The fourth-order valence-electron chi connectivity index (χ4n) is 2.02. The van der Waals surface area contributed by atoms with Gasteiger partial charge in [0.25, 0.3) is 10.0 Å². The molecule has 1 fully saturated rings. The standard InChI is InChI=1S/C10H16BrN3O2S/c11-9-3-1-8(2-4-9)7-13-17(15,16)10-5-6-12-14-10/h5-6,8-9,13H,1-4,7H2,(H,12,14). The number of aromatic amines is 1. The lowest BCUT2D eigenvalue weighted by Gasteiger charge is -2.25. The predicted octanol–water partition coefficient (Wildman–Crippen LogP) is 1.64. The summed E-state index contributed by atoms with van der Waals surface area (Å²) in [5.74, 6) is 0.446. The Labute approximate surface area is 110 Å². The largest absolute Gasteiger partial charge is 0.266 e. The number of sulfonamides is 1. The SMILES string of the molecule is O=S(=O)(NCC1CCC(Br)CC1)c1ccn[nH]1. The van der Waals surface area contributed by atoms with Crippen LogP contribution in [0.15, 0.2) is 17.3 Å². The molecule has 96 valence electrons. The van der Waals surface area contributed by atoms with Crippen molar-refractivity contribution in [1.29, 1.82) is 0 Å². The Bertz CT molecular complexity index is 438. The zero-order valence-electron chi connectivity index (χ0n) is 9.39. The number of halogens is 1. The van der Waals surface area contributed by atoms with Crippen LogP contribution in [0.2, 0.25) is 0 Å². The zero-order valence-corrected chi connectivity index (χ0v) is 11.8. The summed E-state index contributed by atoms with van der Waals surface area (Å²) in [4.78, 5) is 0.600. The number of alkyl halides is 1. The lowest BCUT2D eigenvalue weighted by Crippen LogP contribution is -2.31. The normalized spacial score (nSPS) is 25.9. The first-order valence-corrected chi connectivity index (χ1v) is 8.11. The quantitative estimate of drug-likeness (QED) is 0.828. The Morgan fingerprint density at radius 1 is 1.41 bits per heavy atom. The Morgan fingerprint density at radius 2 is 2.12 bits per heavy atom. The molecule has 0 atom stereocenters. The molecule has 0 saturated heterocycles. The molecule has 5 nitrogen and oxygen atoms in total. The molecule has 2 rings (SSSR count). The first-order chi connectivity index (χ1) is 8.08. The Balaban J connectivity index is 1.86. The highest BCUT2D eigenvalue weighted by Gasteiger charge is 2.22. The summed E-state index contributed by atoms with van der Waals surface area (Å²) in [5, 5.41) is 6.24. The van der Waals surface area contributed by atoms with Gasteiger partial charge in [0.15, 0.2) is 5.03 Å². The molecular weight excluding hydrogens is 306 g/mol. The molecule has 0 unspecified atom stereocenters. The smallest absolute Gasteiger partial charge is 0.257 e. The summed E-state index contributed by atoms with van der Waals surface area (Å²) in [6.45, 7) is 0.515. The fraction of sp³-hybridized carbons (Fsp3) is 0.700. The number of nitrogens with zero attached hydrogens (tertiary/aromatic N) is 1. The molecule has 17 heavy (non-hydrogen) atoms. The molecule has 0 spiro atoms. The van der Waals surface area contributed by atoms with Crippen molar-refractivity contribution in [2.24, 2.45) is 5.92 Å². The van der Waals surface area contributed by atoms with Crippen LogP contribution in [0, 0.1) is 5.92 Å². The number of aromatic nitrogens is 2. The summed E-state index contributed by atoms with van der Waals surface area (Å²) >= 11 is 3.59. The maximum absolute atomic E-state index is 11.8. The second-order valence-electron chi connectivity index (χ2n) is 4.39. The van der Waals surface area contributed by atoms with E-state index in [1.54, 1.807) is 0 Å². The summed E-state index contributed by atoms with van der Waals surface area (Å²) in [7, 11) is -3.41. The predicted molar refractivity (Wildman–Crippen MR) is 68.4 cm³/mol. The van der Waals surface area contributed by atoms with Gasteiger partial charge in [-0.2, -0.15) is 5.10 Å². The van der Waals surface area contributed by atoms with E-state index in [-0.39, 0.29) is 5.03 Å². The molecule has 1 aromatic heterocycles. The molecule has 1 heterocycles. The molecule has 1 aromatic rings. The minimum Gasteiger partial charge on any atom is -0.266 e. The lowest BCUT2D eigenvalue weighted by molar-refractivity contribution is 0.366. The van der Waals surface area contributed by atoms with Crippen molar-refractivity contribution in [2.45, 2.75) is 35.5 Å². The third kappa shape index (κ3) is 3.53. The van der Waals surface area contributed by atoms with Crippen molar-refractivity contribution >= 4 is 26.0 Å². The molecule has 1 aliphatic rings. The first kappa shape index (κ1) is 13.0. The minimum absolute atomic E-state index is 0.131. The van der Waals surface area contributed by atoms with Crippen LogP contribution in [0.5, 0.6) is 0 Å². The molecule has 1 aliphatic carbocycles. The van der Waals surface area contributed by atoms with Gasteiger partial charge in [-0.3, -0.25) is 5.10 Å². The van der Waals surface area contributed by atoms with Crippen LogP contribution >= 0.6 is 15.9 Å². The zero-order chi connectivity index (χ0) is 12.3. The number of hydrogen-bond donors (Lipinski definition) is 2. The van der Waals surface area contributed by atoms with E-state index < -0.39 is 10.0 Å². The van der Waals surface area contributed by atoms with E-state index >= 15 is 0 Å². The van der Waals surface area contributed by atoms with Gasteiger partial charge in [0, 0.05) is 11.4 Å². The van der Waals surface area contributed by atoms with Crippen molar-refractivity contribution in [3.8, 4) is 0 Å².